The number of nitrogens with one attached hydrogen (secondary N) is 1. The second-order valence-corrected chi connectivity index (χ2v) is 5.22. The van der Waals surface area contributed by atoms with E-state index >= 15 is 0 Å². The number of nitro benzene ring substituents is 1. The Balaban J connectivity index is 1.84. The number of amides is 1. The molecule has 0 saturated carbocycles. The maximum absolute atomic E-state index is 12.8. The van der Waals surface area contributed by atoms with Crippen LogP contribution < -0.4 is 5.32 Å². The third kappa shape index (κ3) is 3.31. The SMILES string of the molecule is O=C(NCc1nnc2ccc(C(F)(F)F)cn12)c1ccccc1[N+](=O)[O-]. The monoisotopic (exact) mass is 365 g/mol. The van der Waals surface area contributed by atoms with E-state index < -0.39 is 22.6 Å². The average molecular weight is 365 g/mol. The molecule has 11 heteroatoms. The molecule has 2 heterocycles. The number of nitro groups is 1. The summed E-state index contributed by atoms with van der Waals surface area (Å²) in [6.45, 7) is -0.257. The van der Waals surface area contributed by atoms with E-state index in [0.717, 1.165) is 22.7 Å². The van der Waals surface area contributed by atoms with E-state index in [2.05, 4.69) is 15.5 Å². The van der Waals surface area contributed by atoms with E-state index in [9.17, 15) is 28.1 Å². The van der Waals surface area contributed by atoms with Gasteiger partial charge < -0.3 is 5.32 Å². The zero-order valence-electron chi connectivity index (χ0n) is 12.9. The van der Waals surface area contributed by atoms with Crippen molar-refractivity contribution in [1.82, 2.24) is 19.9 Å². The van der Waals surface area contributed by atoms with E-state index in [1.165, 1.54) is 24.3 Å². The van der Waals surface area contributed by atoms with E-state index in [-0.39, 0.29) is 29.3 Å². The Morgan fingerprint density at radius 2 is 1.92 bits per heavy atom. The Bertz CT molecular complexity index is 1000. The number of hydrogen-bond donors (Lipinski definition) is 1. The van der Waals surface area contributed by atoms with Crippen LogP contribution in [0.4, 0.5) is 18.9 Å². The molecule has 0 aliphatic carbocycles. The highest BCUT2D eigenvalue weighted by molar-refractivity contribution is 5.98. The molecular weight excluding hydrogens is 355 g/mol. The van der Waals surface area contributed by atoms with Gasteiger partial charge in [-0.25, -0.2) is 0 Å². The van der Waals surface area contributed by atoms with E-state index in [0.29, 0.717) is 0 Å². The van der Waals surface area contributed by atoms with Crippen molar-refractivity contribution in [3.8, 4) is 0 Å². The number of pyridine rings is 1. The fraction of sp³-hybridized carbons (Fsp3) is 0.133. The molecular formula is C15H10F3N5O3. The van der Waals surface area contributed by atoms with Gasteiger partial charge in [-0.2, -0.15) is 13.2 Å². The normalized spacial score (nSPS) is 11.5. The number of rotatable bonds is 4. The van der Waals surface area contributed by atoms with Crippen molar-refractivity contribution < 1.29 is 22.9 Å². The minimum Gasteiger partial charge on any atom is -0.344 e. The van der Waals surface area contributed by atoms with Gasteiger partial charge in [-0.1, -0.05) is 12.1 Å². The van der Waals surface area contributed by atoms with Crippen molar-refractivity contribution in [2.45, 2.75) is 12.7 Å². The summed E-state index contributed by atoms with van der Waals surface area (Å²) < 4.78 is 39.6. The summed E-state index contributed by atoms with van der Waals surface area (Å²) >= 11 is 0. The fourth-order valence-corrected chi connectivity index (χ4v) is 2.31. The second-order valence-electron chi connectivity index (χ2n) is 5.22. The lowest BCUT2D eigenvalue weighted by atomic mass is 10.1. The van der Waals surface area contributed by atoms with Crippen molar-refractivity contribution >= 4 is 17.2 Å². The van der Waals surface area contributed by atoms with Crippen molar-refractivity contribution in [1.29, 1.82) is 0 Å². The van der Waals surface area contributed by atoms with Gasteiger partial charge in [-0.15, -0.1) is 10.2 Å². The molecule has 3 aromatic rings. The molecule has 0 radical (unpaired) electrons. The number of hydrogen-bond acceptors (Lipinski definition) is 5. The summed E-state index contributed by atoms with van der Waals surface area (Å²) in [5.74, 6) is -0.695. The van der Waals surface area contributed by atoms with Crippen molar-refractivity contribution in [3.63, 3.8) is 0 Å². The van der Waals surface area contributed by atoms with Gasteiger partial charge in [0, 0.05) is 12.3 Å². The van der Waals surface area contributed by atoms with Crippen molar-refractivity contribution in [3.05, 3.63) is 69.7 Å². The first-order valence-corrected chi connectivity index (χ1v) is 7.20. The van der Waals surface area contributed by atoms with Gasteiger partial charge in [-0.3, -0.25) is 19.3 Å². The maximum atomic E-state index is 12.8. The minimum absolute atomic E-state index is 0.0537. The molecule has 0 aliphatic heterocycles. The molecule has 1 amide bonds. The molecule has 0 saturated heterocycles. The molecule has 0 bridgehead atoms. The maximum Gasteiger partial charge on any atom is 0.417 e. The third-order valence-electron chi connectivity index (χ3n) is 3.55. The van der Waals surface area contributed by atoms with Crippen LogP contribution in [0.15, 0.2) is 42.6 Å². The Morgan fingerprint density at radius 1 is 1.19 bits per heavy atom. The molecule has 0 unspecified atom stereocenters. The zero-order valence-corrected chi connectivity index (χ0v) is 12.9. The highest BCUT2D eigenvalue weighted by atomic mass is 19.4. The van der Waals surface area contributed by atoms with Crippen LogP contribution in [-0.2, 0) is 12.7 Å². The van der Waals surface area contributed by atoms with E-state index in [1.54, 1.807) is 0 Å². The summed E-state index contributed by atoms with van der Waals surface area (Å²) in [6.07, 6.45) is -3.72. The number of nitrogens with zero attached hydrogens (tertiary/aromatic N) is 4. The largest absolute Gasteiger partial charge is 0.417 e. The van der Waals surface area contributed by atoms with Gasteiger partial charge in [0.1, 0.15) is 5.56 Å². The van der Waals surface area contributed by atoms with Crippen LogP contribution in [0.5, 0.6) is 0 Å². The lowest BCUT2D eigenvalue weighted by Crippen LogP contribution is -2.24. The summed E-state index contributed by atoms with van der Waals surface area (Å²) in [5, 5.41) is 20.8. The number of fused-ring (bicyclic) bond motifs is 1. The molecule has 1 N–H and O–H groups in total. The number of benzene rings is 1. The Labute approximate surface area is 143 Å². The Hall–Kier alpha value is -3.50. The smallest absolute Gasteiger partial charge is 0.344 e. The summed E-state index contributed by atoms with van der Waals surface area (Å²) in [6, 6.07) is 7.36. The van der Waals surface area contributed by atoms with Crippen LogP contribution >= 0.6 is 0 Å². The van der Waals surface area contributed by atoms with Crippen LogP contribution in [-0.4, -0.2) is 25.4 Å². The number of para-hydroxylation sites is 1. The van der Waals surface area contributed by atoms with Crippen LogP contribution in [0.2, 0.25) is 0 Å². The molecule has 0 aliphatic rings. The second kappa shape index (κ2) is 6.43. The highest BCUT2D eigenvalue weighted by Crippen LogP contribution is 2.29. The molecule has 2 aromatic heterocycles. The van der Waals surface area contributed by atoms with E-state index in [4.69, 9.17) is 0 Å². The van der Waals surface area contributed by atoms with Gasteiger partial charge in [0.05, 0.1) is 17.0 Å². The predicted molar refractivity (Wildman–Crippen MR) is 82.3 cm³/mol. The molecule has 8 nitrogen and oxygen atoms in total. The van der Waals surface area contributed by atoms with Crippen LogP contribution in [0, 0.1) is 10.1 Å². The third-order valence-corrected chi connectivity index (χ3v) is 3.55. The Morgan fingerprint density at radius 3 is 2.62 bits per heavy atom. The summed E-state index contributed by atoms with van der Waals surface area (Å²) in [7, 11) is 0. The van der Waals surface area contributed by atoms with Gasteiger partial charge in [-0.05, 0) is 18.2 Å². The topological polar surface area (TPSA) is 102 Å². The lowest BCUT2D eigenvalue weighted by molar-refractivity contribution is -0.385. The van der Waals surface area contributed by atoms with Crippen LogP contribution in [0.25, 0.3) is 5.65 Å². The van der Waals surface area contributed by atoms with Crippen LogP contribution in [0.1, 0.15) is 21.7 Å². The summed E-state index contributed by atoms with van der Waals surface area (Å²) in [4.78, 5) is 22.4. The molecule has 1 aromatic carbocycles. The molecule has 3 rings (SSSR count). The molecule has 0 fully saturated rings. The first-order chi connectivity index (χ1) is 12.3. The number of aromatic nitrogens is 3. The molecule has 26 heavy (non-hydrogen) atoms. The average Bonchev–Trinajstić information content (AvgIpc) is 3.01. The highest BCUT2D eigenvalue weighted by Gasteiger charge is 2.31. The number of carbonyl (C=O) groups excluding carboxylic acids is 1. The van der Waals surface area contributed by atoms with Crippen molar-refractivity contribution in [2.24, 2.45) is 0 Å². The first-order valence-electron chi connectivity index (χ1n) is 7.20. The molecule has 0 spiro atoms. The standard InChI is InChI=1S/C15H10F3N5O3/c16-15(17,18)9-5-6-12-20-21-13(22(12)8-9)7-19-14(24)10-3-1-2-4-11(10)23(25)26/h1-6,8H,7H2,(H,19,24). The first kappa shape index (κ1) is 17.3. The van der Waals surface area contributed by atoms with Gasteiger partial charge in [0.2, 0.25) is 0 Å². The number of carbonyl (C=O) groups is 1. The number of halogens is 3. The van der Waals surface area contributed by atoms with Crippen molar-refractivity contribution in [2.75, 3.05) is 0 Å². The zero-order chi connectivity index (χ0) is 18.9. The summed E-state index contributed by atoms with van der Waals surface area (Å²) in [5.41, 5.74) is -1.26. The van der Waals surface area contributed by atoms with E-state index in [1.807, 2.05) is 0 Å². The lowest BCUT2D eigenvalue weighted by Gasteiger charge is -2.08. The number of alkyl halides is 3. The molecule has 134 valence electrons. The van der Waals surface area contributed by atoms with Gasteiger partial charge >= 0.3 is 6.18 Å². The Kier molecular flexibility index (Phi) is 4.28. The predicted octanol–water partition coefficient (Wildman–Crippen LogP) is 2.59. The van der Waals surface area contributed by atoms with Gasteiger partial charge in [0.15, 0.2) is 11.5 Å². The van der Waals surface area contributed by atoms with Gasteiger partial charge in [0.25, 0.3) is 11.6 Å². The van der Waals surface area contributed by atoms with Crippen LogP contribution in [0.3, 0.4) is 0 Å². The minimum atomic E-state index is -4.54. The molecule has 0 atom stereocenters. The quantitative estimate of drug-likeness (QED) is 0.565. The fourth-order valence-electron chi connectivity index (χ4n) is 2.31.